The number of methoxy groups -OCH3 is 2. The fourth-order valence-corrected chi connectivity index (χ4v) is 8.33. The molecule has 0 saturated heterocycles. The van der Waals surface area contributed by atoms with Crippen LogP contribution in [0.3, 0.4) is 0 Å². The second-order valence-corrected chi connectivity index (χ2v) is 12.3. The third kappa shape index (κ3) is 4.12. The Balaban J connectivity index is 1.58. The van der Waals surface area contributed by atoms with Crippen LogP contribution in [0.25, 0.3) is 11.1 Å². The number of phenolic OH excluding ortho intramolecular Hbond substituents is 2. The predicted molar refractivity (Wildman–Crippen MR) is 148 cm³/mol. The first-order valence-electron chi connectivity index (χ1n) is 12.4. The van der Waals surface area contributed by atoms with E-state index in [0.717, 1.165) is 56.9 Å². The van der Waals surface area contributed by atoms with E-state index in [-0.39, 0.29) is 35.9 Å². The van der Waals surface area contributed by atoms with Gasteiger partial charge in [0.05, 0.1) is 20.1 Å². The van der Waals surface area contributed by atoms with Crippen molar-refractivity contribution >= 4 is 27.6 Å². The van der Waals surface area contributed by atoms with Crippen LogP contribution in [-0.2, 0) is 21.7 Å². The Kier molecular flexibility index (Phi) is 6.52. The second-order valence-electron chi connectivity index (χ2n) is 9.75. The van der Waals surface area contributed by atoms with E-state index in [1.165, 1.54) is 14.0 Å². The Morgan fingerprint density at radius 3 is 2.61 bits per heavy atom. The molecule has 3 aromatic rings. The molecule has 2 aliphatic heterocycles. The summed E-state index contributed by atoms with van der Waals surface area (Å²) in [6.07, 6.45) is 0.314. The van der Waals surface area contributed by atoms with E-state index in [0.29, 0.717) is 17.3 Å². The van der Waals surface area contributed by atoms with Gasteiger partial charge in [-0.05, 0) is 41.3 Å². The topological polar surface area (TPSA) is 94.5 Å². The standard InChI is InChI=1S/C29H28O7S2/c1-14(30)35-11-22-19-4-5-20-26-15(7-18(31)9-25(26)34-3)6-17-13-38-37-12-16-8-23(32)24(33-2)10-21(16)28(22)36-29(19)27(17)20/h4-5,7-10,17,22,28,31-32H,6,11-13H2,1-3H3/t17-,22+,28-/m1/s1. The maximum atomic E-state index is 11.8. The average Bonchev–Trinajstić information content (AvgIpc) is 3.25. The maximum Gasteiger partial charge on any atom is 0.302 e. The number of carbonyl (C=O) groups is 1. The van der Waals surface area contributed by atoms with E-state index in [2.05, 4.69) is 12.1 Å². The average molecular weight is 553 g/mol. The molecule has 2 N–H and O–H groups in total. The molecule has 0 aromatic heterocycles. The normalized spacial score (nSPS) is 20.9. The summed E-state index contributed by atoms with van der Waals surface area (Å²) in [5.41, 5.74) is 7.04. The number of benzene rings is 3. The molecule has 2 heterocycles. The summed E-state index contributed by atoms with van der Waals surface area (Å²) in [5, 5.41) is 20.9. The molecule has 7 nitrogen and oxygen atoms in total. The van der Waals surface area contributed by atoms with E-state index < -0.39 is 6.10 Å². The summed E-state index contributed by atoms with van der Waals surface area (Å²) in [6.45, 7) is 1.59. The minimum absolute atomic E-state index is 0.0832. The van der Waals surface area contributed by atoms with Crippen molar-refractivity contribution in [1.29, 1.82) is 0 Å². The molecule has 3 aromatic carbocycles. The van der Waals surface area contributed by atoms with E-state index >= 15 is 0 Å². The zero-order valence-electron chi connectivity index (χ0n) is 21.3. The Morgan fingerprint density at radius 1 is 1.03 bits per heavy atom. The highest BCUT2D eigenvalue weighted by atomic mass is 33.1. The summed E-state index contributed by atoms with van der Waals surface area (Å²) in [5.74, 6) is 3.17. The Bertz CT molecular complexity index is 1440. The zero-order chi connectivity index (χ0) is 26.6. The molecular weight excluding hydrogens is 524 g/mol. The number of phenols is 2. The molecular formula is C29H28O7S2. The van der Waals surface area contributed by atoms with Crippen molar-refractivity contribution in [1.82, 2.24) is 0 Å². The third-order valence-corrected chi connectivity index (χ3v) is 9.94. The summed E-state index contributed by atoms with van der Waals surface area (Å²) in [6, 6.07) is 11.2. The molecule has 38 heavy (non-hydrogen) atoms. The SMILES string of the molecule is COc1cc2c(cc1O)CSSC[C@H]1Cc3cc(O)cc(OC)c3-c3ccc4c(c31)O[C@H]2[C@H]4COC(C)=O. The number of aromatic hydroxyl groups is 2. The van der Waals surface area contributed by atoms with Gasteiger partial charge in [-0.25, -0.2) is 0 Å². The monoisotopic (exact) mass is 552 g/mol. The van der Waals surface area contributed by atoms with Gasteiger partial charge in [0.1, 0.15) is 30.0 Å². The van der Waals surface area contributed by atoms with Crippen LogP contribution in [0.5, 0.6) is 28.7 Å². The first-order chi connectivity index (χ1) is 18.4. The van der Waals surface area contributed by atoms with Crippen molar-refractivity contribution < 1.29 is 34.0 Å². The molecule has 2 bridgehead atoms. The molecule has 0 fully saturated rings. The molecule has 1 aliphatic carbocycles. The lowest BCUT2D eigenvalue weighted by molar-refractivity contribution is -0.141. The molecule has 0 amide bonds. The first-order valence-corrected chi connectivity index (χ1v) is 14.9. The molecule has 198 valence electrons. The van der Waals surface area contributed by atoms with Crippen LogP contribution >= 0.6 is 21.6 Å². The van der Waals surface area contributed by atoms with Gasteiger partial charge < -0.3 is 29.2 Å². The van der Waals surface area contributed by atoms with Crippen molar-refractivity contribution in [3.05, 3.63) is 64.2 Å². The third-order valence-electron chi connectivity index (χ3n) is 7.55. The van der Waals surface area contributed by atoms with E-state index in [1.54, 1.807) is 40.8 Å². The van der Waals surface area contributed by atoms with Gasteiger partial charge in [0, 0.05) is 52.7 Å². The number of esters is 1. The zero-order valence-corrected chi connectivity index (χ0v) is 22.9. The molecule has 0 saturated carbocycles. The molecule has 0 spiro atoms. The smallest absolute Gasteiger partial charge is 0.302 e. The molecule has 3 atom stereocenters. The highest BCUT2D eigenvalue weighted by molar-refractivity contribution is 8.76. The molecule has 3 aliphatic rings. The van der Waals surface area contributed by atoms with Gasteiger partial charge in [0.2, 0.25) is 0 Å². The second kappa shape index (κ2) is 9.85. The van der Waals surface area contributed by atoms with Gasteiger partial charge in [-0.1, -0.05) is 33.7 Å². The number of hydrogen-bond acceptors (Lipinski definition) is 9. The number of carbonyl (C=O) groups excluding carboxylic acids is 1. The number of fused-ring (bicyclic) bond motifs is 5. The van der Waals surface area contributed by atoms with Crippen molar-refractivity contribution in [2.24, 2.45) is 0 Å². The fraction of sp³-hybridized carbons (Fsp3) is 0.345. The lowest BCUT2D eigenvalue weighted by Gasteiger charge is -2.30. The first kappa shape index (κ1) is 25.1. The van der Waals surface area contributed by atoms with Crippen LogP contribution < -0.4 is 14.2 Å². The highest BCUT2D eigenvalue weighted by Crippen LogP contribution is 2.58. The molecule has 0 radical (unpaired) electrons. The molecule has 9 heteroatoms. The van der Waals surface area contributed by atoms with Crippen LogP contribution in [0.2, 0.25) is 0 Å². The number of ether oxygens (including phenoxy) is 4. The van der Waals surface area contributed by atoms with Crippen LogP contribution in [-0.4, -0.2) is 42.8 Å². The highest BCUT2D eigenvalue weighted by Gasteiger charge is 2.43. The Labute approximate surface area is 228 Å². The Hall–Kier alpha value is -3.17. The quantitative estimate of drug-likeness (QED) is 0.294. The van der Waals surface area contributed by atoms with Crippen LogP contribution in [0.4, 0.5) is 0 Å². The van der Waals surface area contributed by atoms with Gasteiger partial charge in [0.15, 0.2) is 11.5 Å². The minimum atomic E-state index is -0.423. The number of rotatable bonds is 4. The summed E-state index contributed by atoms with van der Waals surface area (Å²) >= 11 is 0. The largest absolute Gasteiger partial charge is 0.508 e. The Morgan fingerprint density at radius 2 is 1.84 bits per heavy atom. The van der Waals surface area contributed by atoms with E-state index in [4.69, 9.17) is 18.9 Å². The molecule has 6 rings (SSSR count). The van der Waals surface area contributed by atoms with Crippen molar-refractivity contribution in [3.8, 4) is 39.9 Å². The van der Waals surface area contributed by atoms with Crippen LogP contribution in [0, 0.1) is 0 Å². The lowest BCUT2D eigenvalue weighted by atomic mass is 9.77. The van der Waals surface area contributed by atoms with Gasteiger partial charge in [-0.15, -0.1) is 0 Å². The van der Waals surface area contributed by atoms with E-state index in [9.17, 15) is 15.0 Å². The summed E-state index contributed by atoms with van der Waals surface area (Å²) in [4.78, 5) is 11.8. The van der Waals surface area contributed by atoms with Gasteiger partial charge in [-0.3, -0.25) is 4.79 Å². The lowest BCUT2D eigenvalue weighted by Crippen LogP contribution is -2.18. The van der Waals surface area contributed by atoms with Crippen molar-refractivity contribution in [3.63, 3.8) is 0 Å². The summed E-state index contributed by atoms with van der Waals surface area (Å²) in [7, 11) is 6.67. The van der Waals surface area contributed by atoms with Crippen molar-refractivity contribution in [2.45, 2.75) is 37.0 Å². The van der Waals surface area contributed by atoms with E-state index in [1.807, 2.05) is 12.1 Å². The summed E-state index contributed by atoms with van der Waals surface area (Å²) < 4.78 is 23.6. The van der Waals surface area contributed by atoms with Gasteiger partial charge in [0.25, 0.3) is 0 Å². The van der Waals surface area contributed by atoms with Gasteiger partial charge in [-0.2, -0.15) is 0 Å². The number of hydrogen-bond donors (Lipinski definition) is 2. The maximum absolute atomic E-state index is 11.8. The van der Waals surface area contributed by atoms with Crippen LogP contribution in [0.15, 0.2) is 36.4 Å². The van der Waals surface area contributed by atoms with Crippen LogP contribution in [0.1, 0.15) is 52.7 Å². The van der Waals surface area contributed by atoms with Gasteiger partial charge >= 0.3 is 5.97 Å². The minimum Gasteiger partial charge on any atom is -0.508 e. The van der Waals surface area contributed by atoms with Crippen molar-refractivity contribution in [2.75, 3.05) is 26.6 Å². The fourth-order valence-electron chi connectivity index (χ4n) is 5.91. The predicted octanol–water partition coefficient (Wildman–Crippen LogP) is 6.10. The molecule has 0 unspecified atom stereocenters.